The molecule has 1 atom stereocenters. The summed E-state index contributed by atoms with van der Waals surface area (Å²) in [5.74, 6) is 1.98. The van der Waals surface area contributed by atoms with Gasteiger partial charge < -0.3 is 10.6 Å². The predicted octanol–water partition coefficient (Wildman–Crippen LogP) is 3.52. The number of rotatable bonds is 8. The van der Waals surface area contributed by atoms with Gasteiger partial charge in [-0.1, -0.05) is 20.4 Å². The molecule has 1 saturated carbocycles. The lowest BCUT2D eigenvalue weighted by atomic mass is 9.73. The Morgan fingerprint density at radius 1 is 1.29 bits per heavy atom. The second-order valence-corrected chi connectivity index (χ2v) is 8.70. The van der Waals surface area contributed by atoms with Crippen LogP contribution in [0.1, 0.15) is 59.8 Å². The van der Waals surface area contributed by atoms with Crippen LogP contribution in [0.25, 0.3) is 0 Å². The van der Waals surface area contributed by atoms with Crippen molar-refractivity contribution in [2.75, 3.05) is 12.0 Å². The van der Waals surface area contributed by atoms with Crippen molar-refractivity contribution in [1.29, 1.82) is 0 Å². The summed E-state index contributed by atoms with van der Waals surface area (Å²) in [5.41, 5.74) is 0.272. The molecule has 0 aromatic heterocycles. The highest BCUT2D eigenvalue weighted by Crippen LogP contribution is 2.35. The molecule has 2 N–H and O–H groups in total. The van der Waals surface area contributed by atoms with E-state index < -0.39 is 6.04 Å². The van der Waals surface area contributed by atoms with Crippen LogP contribution >= 0.6 is 11.8 Å². The van der Waals surface area contributed by atoms with Gasteiger partial charge in [0.15, 0.2) is 0 Å². The van der Waals surface area contributed by atoms with E-state index in [0.29, 0.717) is 17.9 Å². The van der Waals surface area contributed by atoms with Crippen LogP contribution in [0.3, 0.4) is 0 Å². The lowest BCUT2D eigenvalue weighted by molar-refractivity contribution is -0.129. The van der Waals surface area contributed by atoms with Crippen LogP contribution in [-0.4, -0.2) is 35.4 Å². The van der Waals surface area contributed by atoms with E-state index in [1.807, 2.05) is 6.26 Å². The first-order valence-electron chi connectivity index (χ1n) is 8.96. The zero-order valence-electron chi connectivity index (χ0n) is 15.9. The number of carbonyl (C=O) groups is 2. The van der Waals surface area contributed by atoms with Crippen LogP contribution in [0.2, 0.25) is 0 Å². The minimum Gasteiger partial charge on any atom is -0.349 e. The van der Waals surface area contributed by atoms with Gasteiger partial charge in [-0.15, -0.1) is 0 Å². The number of thioether (sulfide) groups is 1. The molecule has 0 spiro atoms. The van der Waals surface area contributed by atoms with E-state index in [1.54, 1.807) is 18.7 Å². The van der Waals surface area contributed by atoms with Crippen LogP contribution in [0.4, 0.5) is 0 Å². The maximum Gasteiger partial charge on any atom is 0.246 e. The van der Waals surface area contributed by atoms with Gasteiger partial charge in [0.05, 0.1) is 0 Å². The standard InChI is InChI=1S/C19H34N2O2S/c1-13(2)15-7-10-19(5,11-8-15)21-18(23)16(9-12-24-6)20-17(22)14(3)4/h13,15-16H,3,7-12H2,1-2,4-6H3,(H,20,22)(H,21,23)/t15?,16-,19?/m0/s1. The van der Waals surface area contributed by atoms with Crippen LogP contribution in [0.5, 0.6) is 0 Å². The SMILES string of the molecule is C=C(C)C(=O)N[C@@H](CCSC)C(=O)NC1(C)CCC(C(C)C)CC1. The van der Waals surface area contributed by atoms with Crippen molar-refractivity contribution >= 4 is 23.6 Å². The fraction of sp³-hybridized carbons (Fsp3) is 0.789. The molecule has 0 radical (unpaired) electrons. The summed E-state index contributed by atoms with van der Waals surface area (Å²) in [6, 6.07) is -0.485. The van der Waals surface area contributed by atoms with Gasteiger partial charge in [0.25, 0.3) is 0 Å². The largest absolute Gasteiger partial charge is 0.349 e. The van der Waals surface area contributed by atoms with Crippen molar-refractivity contribution < 1.29 is 9.59 Å². The molecule has 0 aromatic rings. The van der Waals surface area contributed by atoms with E-state index in [2.05, 4.69) is 38.0 Å². The molecule has 0 saturated heterocycles. The van der Waals surface area contributed by atoms with Crippen molar-refractivity contribution in [2.45, 2.75) is 71.4 Å². The van der Waals surface area contributed by atoms with Gasteiger partial charge >= 0.3 is 0 Å². The molecule has 1 aliphatic rings. The number of hydrogen-bond donors (Lipinski definition) is 2. The van der Waals surface area contributed by atoms with E-state index in [-0.39, 0.29) is 17.4 Å². The van der Waals surface area contributed by atoms with Gasteiger partial charge in [-0.3, -0.25) is 9.59 Å². The second kappa shape index (κ2) is 9.50. The van der Waals surface area contributed by atoms with Gasteiger partial charge in [-0.2, -0.15) is 11.8 Å². The Morgan fingerprint density at radius 2 is 1.88 bits per heavy atom. The molecule has 1 rings (SSSR count). The van der Waals surface area contributed by atoms with Crippen LogP contribution in [0, 0.1) is 11.8 Å². The third-order valence-corrected chi connectivity index (χ3v) is 5.77. The molecule has 1 fully saturated rings. The van der Waals surface area contributed by atoms with Crippen LogP contribution in [0.15, 0.2) is 12.2 Å². The molecular formula is C19H34N2O2S. The zero-order chi connectivity index (χ0) is 18.3. The highest BCUT2D eigenvalue weighted by Gasteiger charge is 2.35. The number of carbonyl (C=O) groups excluding carboxylic acids is 2. The fourth-order valence-corrected chi connectivity index (χ4v) is 3.71. The van der Waals surface area contributed by atoms with Crippen LogP contribution < -0.4 is 10.6 Å². The maximum absolute atomic E-state index is 12.7. The first kappa shape index (κ1) is 21.1. The summed E-state index contributed by atoms with van der Waals surface area (Å²) in [6.07, 6.45) is 6.96. The molecule has 0 aliphatic heterocycles. The number of nitrogens with one attached hydrogen (secondary N) is 2. The van der Waals surface area contributed by atoms with Gasteiger partial charge in [0.1, 0.15) is 6.04 Å². The molecule has 1 aliphatic carbocycles. The molecule has 5 heteroatoms. The molecule has 24 heavy (non-hydrogen) atoms. The Balaban J connectivity index is 2.66. The van der Waals surface area contributed by atoms with Crippen molar-refractivity contribution in [2.24, 2.45) is 11.8 Å². The predicted molar refractivity (Wildman–Crippen MR) is 103 cm³/mol. The fourth-order valence-electron chi connectivity index (χ4n) is 3.24. The highest BCUT2D eigenvalue weighted by molar-refractivity contribution is 7.98. The number of amides is 2. The summed E-state index contributed by atoms with van der Waals surface area (Å²) >= 11 is 1.68. The molecule has 0 bridgehead atoms. The quantitative estimate of drug-likeness (QED) is 0.656. The summed E-state index contributed by atoms with van der Waals surface area (Å²) in [6.45, 7) is 12.0. The normalized spacial score (nSPS) is 25.2. The molecule has 0 heterocycles. The minimum atomic E-state index is -0.485. The summed E-state index contributed by atoms with van der Waals surface area (Å²) in [7, 11) is 0. The molecular weight excluding hydrogens is 320 g/mol. The first-order valence-corrected chi connectivity index (χ1v) is 10.3. The van der Waals surface area contributed by atoms with Crippen molar-refractivity contribution in [1.82, 2.24) is 10.6 Å². The Hall–Kier alpha value is -0.970. The molecule has 2 amide bonds. The van der Waals surface area contributed by atoms with Gasteiger partial charge in [0, 0.05) is 11.1 Å². The van der Waals surface area contributed by atoms with Crippen molar-refractivity contribution in [3.05, 3.63) is 12.2 Å². The van der Waals surface area contributed by atoms with Gasteiger partial charge in [0.2, 0.25) is 11.8 Å². The summed E-state index contributed by atoms with van der Waals surface area (Å²) in [5, 5.41) is 6.04. The highest BCUT2D eigenvalue weighted by atomic mass is 32.2. The summed E-state index contributed by atoms with van der Waals surface area (Å²) in [4.78, 5) is 24.6. The maximum atomic E-state index is 12.7. The number of hydrogen-bond acceptors (Lipinski definition) is 3. The van der Waals surface area contributed by atoms with Gasteiger partial charge in [-0.25, -0.2) is 0 Å². The Labute approximate surface area is 151 Å². The zero-order valence-corrected chi connectivity index (χ0v) is 16.7. The van der Waals surface area contributed by atoms with E-state index in [4.69, 9.17) is 0 Å². The molecule has 0 unspecified atom stereocenters. The van der Waals surface area contributed by atoms with E-state index in [1.165, 1.54) is 0 Å². The Kier molecular flexibility index (Phi) is 8.34. The first-order chi connectivity index (χ1) is 11.2. The molecule has 4 nitrogen and oxygen atoms in total. The van der Waals surface area contributed by atoms with E-state index in [9.17, 15) is 9.59 Å². The van der Waals surface area contributed by atoms with Crippen molar-refractivity contribution in [3.63, 3.8) is 0 Å². The third-order valence-electron chi connectivity index (χ3n) is 5.12. The van der Waals surface area contributed by atoms with E-state index in [0.717, 1.165) is 37.4 Å². The Bertz CT molecular complexity index is 454. The molecule has 138 valence electrons. The monoisotopic (exact) mass is 354 g/mol. The minimum absolute atomic E-state index is 0.0656. The third kappa shape index (κ3) is 6.50. The Morgan fingerprint density at radius 3 is 2.33 bits per heavy atom. The second-order valence-electron chi connectivity index (χ2n) is 7.72. The average Bonchev–Trinajstić information content (AvgIpc) is 2.50. The lowest BCUT2D eigenvalue weighted by Crippen LogP contribution is -2.55. The molecule has 0 aromatic carbocycles. The summed E-state index contributed by atoms with van der Waals surface area (Å²) < 4.78 is 0. The smallest absolute Gasteiger partial charge is 0.246 e. The topological polar surface area (TPSA) is 58.2 Å². The lowest BCUT2D eigenvalue weighted by Gasteiger charge is -2.40. The van der Waals surface area contributed by atoms with E-state index >= 15 is 0 Å². The van der Waals surface area contributed by atoms with Crippen molar-refractivity contribution in [3.8, 4) is 0 Å². The van der Waals surface area contributed by atoms with Crippen LogP contribution in [-0.2, 0) is 9.59 Å². The average molecular weight is 355 g/mol. The van der Waals surface area contributed by atoms with Gasteiger partial charge in [-0.05, 0) is 69.8 Å².